The van der Waals surface area contributed by atoms with Crippen LogP contribution in [0, 0.1) is 11.6 Å². The third-order valence-corrected chi connectivity index (χ3v) is 6.41. The average Bonchev–Trinajstić information content (AvgIpc) is 2.91. The first-order chi connectivity index (χ1) is 18.6. The molecule has 1 aliphatic heterocycles. The summed E-state index contributed by atoms with van der Waals surface area (Å²) in [5.74, 6) is -0.246. The van der Waals surface area contributed by atoms with Crippen molar-refractivity contribution < 1.29 is 33.0 Å². The number of halogens is 4. The normalized spacial score (nSPS) is 13.5. The van der Waals surface area contributed by atoms with Gasteiger partial charge < -0.3 is 9.84 Å². The Morgan fingerprint density at radius 1 is 0.923 bits per heavy atom. The van der Waals surface area contributed by atoms with Crippen molar-refractivity contribution in [3.63, 3.8) is 0 Å². The predicted octanol–water partition coefficient (Wildman–Crippen LogP) is 8.29. The molecule has 0 saturated carbocycles. The van der Waals surface area contributed by atoms with E-state index in [-0.39, 0.29) is 35.4 Å². The Balaban J connectivity index is 0.000000179. The van der Waals surface area contributed by atoms with E-state index in [2.05, 4.69) is 31.9 Å². The summed E-state index contributed by atoms with van der Waals surface area (Å²) in [4.78, 5) is 32.9. The topological polar surface area (TPSA) is 80.7 Å². The maximum atomic E-state index is 13.2. The van der Waals surface area contributed by atoms with Crippen molar-refractivity contribution >= 4 is 49.7 Å². The van der Waals surface area contributed by atoms with Crippen LogP contribution in [0.5, 0.6) is 11.5 Å². The lowest BCUT2D eigenvalue weighted by Crippen LogP contribution is -2.20. The molecule has 0 saturated heterocycles. The van der Waals surface area contributed by atoms with E-state index in [9.17, 15) is 23.2 Å². The molecule has 1 unspecified atom stereocenters. The van der Waals surface area contributed by atoms with Gasteiger partial charge in [-0.05, 0) is 73.2 Å². The number of carbonyl (C=O) groups is 3. The van der Waals surface area contributed by atoms with Gasteiger partial charge in [0.05, 0.1) is 17.5 Å². The molecule has 0 bridgehead atoms. The highest BCUT2D eigenvalue weighted by Crippen LogP contribution is 2.36. The van der Waals surface area contributed by atoms with Crippen molar-refractivity contribution in [3.05, 3.63) is 128 Å². The fourth-order valence-corrected chi connectivity index (χ4v) is 4.28. The number of phenolic OH excluding ortho intramolecular Hbond substituents is 1. The summed E-state index contributed by atoms with van der Waals surface area (Å²) in [6.07, 6.45) is 0.424. The van der Waals surface area contributed by atoms with Crippen LogP contribution in [0.25, 0.3) is 0 Å². The van der Waals surface area contributed by atoms with Gasteiger partial charge in [-0.3, -0.25) is 14.4 Å². The maximum Gasteiger partial charge on any atom is 0.170 e. The van der Waals surface area contributed by atoms with Gasteiger partial charge in [0.25, 0.3) is 0 Å². The van der Waals surface area contributed by atoms with E-state index >= 15 is 0 Å². The van der Waals surface area contributed by atoms with Gasteiger partial charge in [-0.2, -0.15) is 0 Å². The summed E-state index contributed by atoms with van der Waals surface area (Å²) in [5, 5.41) is 9.16. The number of ketones is 2. The van der Waals surface area contributed by atoms with Crippen LogP contribution in [-0.4, -0.2) is 23.0 Å². The molecule has 1 N–H and O–H groups in total. The molecule has 200 valence electrons. The number of aldehydes is 1. The zero-order valence-electron chi connectivity index (χ0n) is 20.5. The molecule has 1 atom stereocenters. The second kappa shape index (κ2) is 13.9. The Hall–Kier alpha value is -3.69. The highest BCUT2D eigenvalue weighted by Gasteiger charge is 2.27. The van der Waals surface area contributed by atoms with E-state index in [0.717, 1.165) is 8.95 Å². The monoisotopic (exact) mass is 658 g/mol. The molecule has 0 amide bonds. The van der Waals surface area contributed by atoms with Gasteiger partial charge in [-0.25, -0.2) is 8.78 Å². The first-order valence-electron chi connectivity index (χ1n) is 11.5. The smallest absolute Gasteiger partial charge is 0.170 e. The lowest BCUT2D eigenvalue weighted by molar-refractivity contribution is 0.0848. The Kier molecular flexibility index (Phi) is 10.7. The summed E-state index contributed by atoms with van der Waals surface area (Å²) in [5.41, 5.74) is 1.97. The summed E-state index contributed by atoms with van der Waals surface area (Å²) >= 11 is 6.53. The Morgan fingerprint density at radius 3 is 2.15 bits per heavy atom. The molecule has 1 heterocycles. The average molecular weight is 660 g/mol. The van der Waals surface area contributed by atoms with Crippen molar-refractivity contribution in [1.29, 1.82) is 0 Å². The molecule has 5 rings (SSSR count). The molecular weight excluding hydrogens is 638 g/mol. The molecule has 0 aliphatic carbocycles. The van der Waals surface area contributed by atoms with E-state index in [1.54, 1.807) is 42.5 Å². The van der Waals surface area contributed by atoms with Crippen LogP contribution >= 0.6 is 31.9 Å². The van der Waals surface area contributed by atoms with Crippen LogP contribution in [0.3, 0.4) is 0 Å². The van der Waals surface area contributed by atoms with E-state index in [0.29, 0.717) is 34.3 Å². The molecule has 39 heavy (non-hydrogen) atoms. The molecule has 0 aromatic heterocycles. The lowest BCUT2D eigenvalue weighted by atomic mass is 9.96. The van der Waals surface area contributed by atoms with Crippen molar-refractivity contribution in [3.8, 4) is 11.5 Å². The Morgan fingerprint density at radius 2 is 1.56 bits per heavy atom. The van der Waals surface area contributed by atoms with Crippen LogP contribution < -0.4 is 4.74 Å². The van der Waals surface area contributed by atoms with Crippen molar-refractivity contribution in [1.82, 2.24) is 0 Å². The highest BCUT2D eigenvalue weighted by atomic mass is 79.9. The predicted molar refractivity (Wildman–Crippen MR) is 150 cm³/mol. The summed E-state index contributed by atoms with van der Waals surface area (Å²) in [6.45, 7) is 1.42. The molecule has 9 heteroatoms. The van der Waals surface area contributed by atoms with E-state index in [1.165, 1.54) is 43.3 Å². The van der Waals surface area contributed by atoms with Crippen LogP contribution in [0.2, 0.25) is 0 Å². The van der Waals surface area contributed by atoms with Crippen molar-refractivity contribution in [2.45, 2.75) is 19.4 Å². The molecule has 0 fully saturated rings. The van der Waals surface area contributed by atoms with Gasteiger partial charge in [0.15, 0.2) is 11.6 Å². The van der Waals surface area contributed by atoms with E-state index in [1.807, 2.05) is 6.07 Å². The van der Waals surface area contributed by atoms with Crippen LogP contribution in [0.15, 0.2) is 93.9 Å². The van der Waals surface area contributed by atoms with Gasteiger partial charge in [0, 0.05) is 14.5 Å². The number of Topliss-reactive ketones (excluding diaryl/α,β-unsaturated/α-hetero) is 2. The highest BCUT2D eigenvalue weighted by molar-refractivity contribution is 9.10. The van der Waals surface area contributed by atoms with E-state index < -0.39 is 6.10 Å². The van der Waals surface area contributed by atoms with Crippen LogP contribution in [0.1, 0.15) is 56.1 Å². The minimum Gasteiger partial charge on any atom is -0.507 e. The quantitative estimate of drug-likeness (QED) is 0.177. The number of rotatable bonds is 3. The molecular formula is C30H22Br2F2O5. The third-order valence-electron chi connectivity index (χ3n) is 5.43. The van der Waals surface area contributed by atoms with Gasteiger partial charge >= 0.3 is 0 Å². The summed E-state index contributed by atoms with van der Waals surface area (Å²) in [6, 6.07) is 21.8. The Labute approximate surface area is 240 Å². The zero-order chi connectivity index (χ0) is 28.5. The summed E-state index contributed by atoms with van der Waals surface area (Å²) in [7, 11) is 0. The minimum atomic E-state index is -0.420. The molecule has 4 aromatic carbocycles. The first kappa shape index (κ1) is 29.9. The first-order valence-corrected chi connectivity index (χ1v) is 13.1. The number of benzene rings is 4. The number of phenols is 1. The van der Waals surface area contributed by atoms with Gasteiger partial charge in [-0.1, -0.05) is 56.1 Å². The second-order valence-electron chi connectivity index (χ2n) is 8.32. The summed E-state index contributed by atoms with van der Waals surface area (Å²) < 4.78 is 32.8. The van der Waals surface area contributed by atoms with Gasteiger partial charge in [0.2, 0.25) is 0 Å². The standard InChI is InChI=1S/C15H10BrFO2.C8H7BrO2.C7H5FO/c16-10-4-5-14-12(7-10)13(18)8-15(19-14)9-2-1-3-11(17)6-9;1-5(10)7-4-6(9)2-3-8(7)11;8-7-3-1-2-6(4-7)5-9/h1-7,15H,8H2;2-4,11H,1H3;1-5H. The number of aromatic hydroxyl groups is 1. The van der Waals surface area contributed by atoms with Gasteiger partial charge in [0.1, 0.15) is 35.5 Å². The third kappa shape index (κ3) is 8.66. The van der Waals surface area contributed by atoms with Crippen LogP contribution in [0.4, 0.5) is 8.78 Å². The number of fused-ring (bicyclic) bond motifs is 1. The SMILES string of the molecule is CC(=O)c1cc(Br)ccc1O.O=C1CC(c2cccc(F)c2)Oc2ccc(Br)cc21.O=Cc1cccc(F)c1. The van der Waals surface area contributed by atoms with Crippen LogP contribution in [-0.2, 0) is 0 Å². The Bertz CT molecular complexity index is 1510. The molecule has 0 radical (unpaired) electrons. The molecule has 4 aromatic rings. The fourth-order valence-electron chi connectivity index (χ4n) is 3.56. The molecule has 1 aliphatic rings. The maximum absolute atomic E-state index is 13.2. The lowest BCUT2D eigenvalue weighted by Gasteiger charge is -2.25. The molecule has 0 spiro atoms. The number of ether oxygens (including phenoxy) is 1. The zero-order valence-corrected chi connectivity index (χ0v) is 23.7. The fraction of sp³-hybridized carbons (Fsp3) is 0.100. The molecule has 5 nitrogen and oxygen atoms in total. The van der Waals surface area contributed by atoms with Crippen molar-refractivity contribution in [2.24, 2.45) is 0 Å². The number of carbonyl (C=O) groups excluding carboxylic acids is 3. The van der Waals surface area contributed by atoms with Crippen molar-refractivity contribution in [2.75, 3.05) is 0 Å². The van der Waals surface area contributed by atoms with E-state index in [4.69, 9.17) is 9.84 Å². The second-order valence-corrected chi connectivity index (χ2v) is 10.2. The van der Waals surface area contributed by atoms with Gasteiger partial charge in [-0.15, -0.1) is 0 Å². The largest absolute Gasteiger partial charge is 0.507 e. The minimum absolute atomic E-state index is 0.0109. The number of hydrogen-bond acceptors (Lipinski definition) is 5. The number of hydrogen-bond donors (Lipinski definition) is 1.